The van der Waals surface area contributed by atoms with Gasteiger partial charge in [0.05, 0.1) is 0 Å². The second-order valence-electron chi connectivity index (χ2n) is 2.79. The SMILES string of the molecule is FC(F)(Br)C(F)(Br)SCc1ccccc1. The van der Waals surface area contributed by atoms with E-state index in [1.54, 1.807) is 24.3 Å². The van der Waals surface area contributed by atoms with Gasteiger partial charge in [0, 0.05) is 5.75 Å². The highest BCUT2D eigenvalue weighted by atomic mass is 79.9. The maximum absolute atomic E-state index is 13.4. The van der Waals surface area contributed by atoms with Crippen LogP contribution in [0.3, 0.4) is 0 Å². The molecule has 1 aromatic carbocycles. The summed E-state index contributed by atoms with van der Waals surface area (Å²) >= 11 is 4.85. The van der Waals surface area contributed by atoms with E-state index in [2.05, 4.69) is 15.9 Å². The van der Waals surface area contributed by atoms with Crippen molar-refractivity contribution in [3.05, 3.63) is 35.9 Å². The molecule has 0 spiro atoms. The van der Waals surface area contributed by atoms with Crippen molar-refractivity contribution in [3.8, 4) is 0 Å². The van der Waals surface area contributed by atoms with Gasteiger partial charge in [-0.05, 0) is 37.4 Å². The van der Waals surface area contributed by atoms with E-state index in [0.29, 0.717) is 11.8 Å². The molecule has 0 N–H and O–H groups in total. The number of thioether (sulfide) groups is 1. The van der Waals surface area contributed by atoms with E-state index in [1.165, 1.54) is 0 Å². The van der Waals surface area contributed by atoms with Crippen molar-refractivity contribution in [2.24, 2.45) is 0 Å². The molecule has 0 fully saturated rings. The Balaban J connectivity index is 2.58. The van der Waals surface area contributed by atoms with Crippen molar-refractivity contribution in [2.45, 2.75) is 14.5 Å². The summed E-state index contributed by atoms with van der Waals surface area (Å²) in [6, 6.07) is 8.86. The topological polar surface area (TPSA) is 0 Å². The molecule has 0 amide bonds. The molecule has 84 valence electrons. The Hall–Kier alpha value is 0.320. The number of alkyl halides is 5. The maximum Gasteiger partial charge on any atom is 0.353 e. The van der Waals surface area contributed by atoms with Gasteiger partial charge in [0.25, 0.3) is 3.91 Å². The molecule has 0 radical (unpaired) electrons. The first-order valence-electron chi connectivity index (χ1n) is 3.95. The highest BCUT2D eigenvalue weighted by molar-refractivity contribution is 9.14. The van der Waals surface area contributed by atoms with E-state index in [9.17, 15) is 13.2 Å². The monoisotopic (exact) mass is 362 g/mol. The van der Waals surface area contributed by atoms with Crippen LogP contribution in [0.15, 0.2) is 30.3 Å². The first kappa shape index (κ1) is 13.4. The quantitative estimate of drug-likeness (QED) is 0.684. The number of hydrogen-bond donors (Lipinski definition) is 0. The van der Waals surface area contributed by atoms with Crippen LogP contribution in [-0.2, 0) is 5.75 Å². The standard InChI is InChI=1S/C9H7Br2F3S/c10-8(12,13)9(11,14)15-6-7-4-2-1-3-5-7/h1-5H,6H2. The third kappa shape index (κ3) is 4.00. The van der Waals surface area contributed by atoms with Crippen LogP contribution in [0.25, 0.3) is 0 Å². The lowest BCUT2D eigenvalue weighted by Gasteiger charge is -2.22. The molecule has 6 heteroatoms. The fourth-order valence-electron chi connectivity index (χ4n) is 0.830. The second kappa shape index (κ2) is 5.10. The van der Waals surface area contributed by atoms with Crippen LogP contribution in [0.1, 0.15) is 5.56 Å². The molecule has 1 unspecified atom stereocenters. The summed E-state index contributed by atoms with van der Waals surface area (Å²) in [4.78, 5) is -3.60. The average Bonchev–Trinajstić information content (AvgIpc) is 2.15. The first-order chi connectivity index (χ1) is 6.83. The summed E-state index contributed by atoms with van der Waals surface area (Å²) in [5.41, 5.74) is 0.792. The average molecular weight is 364 g/mol. The molecule has 1 aromatic rings. The fourth-order valence-corrected chi connectivity index (χ4v) is 2.22. The van der Waals surface area contributed by atoms with Crippen molar-refractivity contribution in [2.75, 3.05) is 0 Å². The van der Waals surface area contributed by atoms with Crippen molar-refractivity contribution < 1.29 is 13.2 Å². The Kier molecular flexibility index (Phi) is 4.55. The molecule has 15 heavy (non-hydrogen) atoms. The lowest BCUT2D eigenvalue weighted by Crippen LogP contribution is -2.29. The van der Waals surface area contributed by atoms with Gasteiger partial charge in [0.15, 0.2) is 0 Å². The molecule has 0 aliphatic carbocycles. The Labute approximate surface area is 107 Å². The number of halogens is 5. The predicted octanol–water partition coefficient (Wildman–Crippen LogP) is 4.93. The summed E-state index contributed by atoms with van der Waals surface area (Å²) in [6.45, 7) is 0. The minimum atomic E-state index is -3.60. The summed E-state index contributed by atoms with van der Waals surface area (Å²) < 4.78 is 35.9. The smallest absolute Gasteiger partial charge is 0.211 e. The molecular weight excluding hydrogens is 357 g/mol. The van der Waals surface area contributed by atoms with Gasteiger partial charge >= 0.3 is 4.83 Å². The van der Waals surface area contributed by atoms with Crippen molar-refractivity contribution in [3.63, 3.8) is 0 Å². The molecule has 1 rings (SSSR count). The largest absolute Gasteiger partial charge is 0.353 e. The van der Waals surface area contributed by atoms with E-state index in [1.807, 2.05) is 22.0 Å². The molecule has 0 nitrogen and oxygen atoms in total. The van der Waals surface area contributed by atoms with Crippen LogP contribution >= 0.6 is 43.6 Å². The minimum absolute atomic E-state index is 0.170. The zero-order valence-corrected chi connectivity index (χ0v) is 11.4. The highest BCUT2D eigenvalue weighted by Gasteiger charge is 2.51. The molecule has 0 saturated carbocycles. The third-order valence-corrected chi connectivity index (χ3v) is 5.22. The van der Waals surface area contributed by atoms with Crippen molar-refractivity contribution in [1.29, 1.82) is 0 Å². The van der Waals surface area contributed by atoms with Gasteiger partial charge in [-0.3, -0.25) is 0 Å². The second-order valence-corrected chi connectivity index (χ2v) is 6.54. The number of benzene rings is 1. The van der Waals surface area contributed by atoms with Gasteiger partial charge in [-0.1, -0.05) is 42.1 Å². The van der Waals surface area contributed by atoms with Gasteiger partial charge in [-0.15, -0.1) is 0 Å². The van der Waals surface area contributed by atoms with Crippen molar-refractivity contribution in [1.82, 2.24) is 0 Å². The van der Waals surface area contributed by atoms with Crippen LogP contribution in [0.4, 0.5) is 13.2 Å². The Bertz CT molecular complexity index is 311. The molecular formula is C9H7Br2F3S. The number of hydrogen-bond acceptors (Lipinski definition) is 1. The zero-order valence-electron chi connectivity index (χ0n) is 7.39. The molecule has 0 bridgehead atoms. The van der Waals surface area contributed by atoms with Gasteiger partial charge in [-0.25, -0.2) is 4.39 Å². The Morgan fingerprint density at radius 2 is 1.60 bits per heavy atom. The normalized spacial score (nSPS) is 16.1. The van der Waals surface area contributed by atoms with Gasteiger partial charge in [0.1, 0.15) is 0 Å². The Morgan fingerprint density at radius 1 is 1.07 bits per heavy atom. The lowest BCUT2D eigenvalue weighted by molar-refractivity contribution is 0.0518. The zero-order chi connectivity index (χ0) is 11.5. The van der Waals surface area contributed by atoms with Gasteiger partial charge in [0.2, 0.25) is 0 Å². The molecule has 0 saturated heterocycles. The van der Waals surface area contributed by atoms with Gasteiger partial charge < -0.3 is 0 Å². The molecule has 1 atom stereocenters. The van der Waals surface area contributed by atoms with E-state index in [-0.39, 0.29) is 5.75 Å². The summed E-state index contributed by atoms with van der Waals surface area (Å²) in [6.07, 6.45) is 0. The summed E-state index contributed by atoms with van der Waals surface area (Å²) in [5, 5.41) is 0. The van der Waals surface area contributed by atoms with Crippen LogP contribution in [0, 0.1) is 0 Å². The third-order valence-electron chi connectivity index (χ3n) is 1.59. The van der Waals surface area contributed by atoms with E-state index < -0.39 is 8.74 Å². The van der Waals surface area contributed by atoms with Crippen LogP contribution < -0.4 is 0 Å². The maximum atomic E-state index is 13.4. The van der Waals surface area contributed by atoms with Crippen LogP contribution in [0.5, 0.6) is 0 Å². The Morgan fingerprint density at radius 3 is 2.07 bits per heavy atom. The number of rotatable bonds is 4. The van der Waals surface area contributed by atoms with Crippen molar-refractivity contribution >= 4 is 43.6 Å². The molecule has 0 aromatic heterocycles. The summed E-state index contributed by atoms with van der Waals surface area (Å²) in [5.74, 6) is 0.170. The highest BCUT2D eigenvalue weighted by Crippen LogP contribution is 2.51. The molecule has 0 heterocycles. The lowest BCUT2D eigenvalue weighted by atomic mass is 10.2. The fraction of sp³-hybridized carbons (Fsp3) is 0.333. The molecule has 0 aliphatic rings. The van der Waals surface area contributed by atoms with E-state index >= 15 is 0 Å². The summed E-state index contributed by atoms with van der Waals surface area (Å²) in [7, 11) is 0. The first-order valence-corrected chi connectivity index (χ1v) is 6.52. The van der Waals surface area contributed by atoms with Gasteiger partial charge in [-0.2, -0.15) is 8.78 Å². The van der Waals surface area contributed by atoms with Crippen LogP contribution in [-0.4, -0.2) is 8.74 Å². The van der Waals surface area contributed by atoms with E-state index in [0.717, 1.165) is 5.56 Å². The predicted molar refractivity (Wildman–Crippen MR) is 64.4 cm³/mol. The van der Waals surface area contributed by atoms with Crippen LogP contribution in [0.2, 0.25) is 0 Å². The minimum Gasteiger partial charge on any atom is -0.211 e. The molecule has 0 aliphatic heterocycles. The van der Waals surface area contributed by atoms with E-state index in [4.69, 9.17) is 0 Å².